The van der Waals surface area contributed by atoms with Gasteiger partial charge in [0.25, 0.3) is 5.91 Å². The third-order valence-electron chi connectivity index (χ3n) is 9.56. The smallest absolute Gasteiger partial charge is 0.266 e. The molecule has 2 aromatic rings. The Morgan fingerprint density at radius 2 is 1.73 bits per heavy atom. The number of hydrogen-bond donors (Lipinski definition) is 1. The van der Waals surface area contributed by atoms with Crippen LogP contribution in [0.15, 0.2) is 41.3 Å². The third kappa shape index (κ3) is 7.74. The summed E-state index contributed by atoms with van der Waals surface area (Å²) in [5, 5.41) is 0.377. The quantitative estimate of drug-likeness (QED) is 0.342. The van der Waals surface area contributed by atoms with Gasteiger partial charge in [-0.05, 0) is 69.1 Å². The van der Waals surface area contributed by atoms with Crippen LogP contribution in [-0.2, 0) is 34.4 Å². The number of sulfonamides is 2. The van der Waals surface area contributed by atoms with Crippen molar-refractivity contribution in [2.75, 3.05) is 65.2 Å². The predicted molar refractivity (Wildman–Crippen MR) is 175 cm³/mol. The first-order valence-electron chi connectivity index (χ1n) is 16.2. The van der Waals surface area contributed by atoms with Gasteiger partial charge in [0.05, 0.1) is 10.6 Å². The van der Waals surface area contributed by atoms with Gasteiger partial charge in [0.1, 0.15) is 11.3 Å². The Kier molecular flexibility index (Phi) is 10.8. The van der Waals surface area contributed by atoms with E-state index >= 15 is 8.78 Å². The average Bonchev–Trinajstić information content (AvgIpc) is 3.34. The van der Waals surface area contributed by atoms with Crippen molar-refractivity contribution in [2.24, 2.45) is 0 Å². The Morgan fingerprint density at radius 3 is 2.39 bits per heavy atom. The van der Waals surface area contributed by atoms with Crippen LogP contribution in [0.1, 0.15) is 32.1 Å². The third-order valence-corrected chi connectivity index (χ3v) is 13.6. The molecule has 0 radical (unpaired) electrons. The second-order valence-electron chi connectivity index (χ2n) is 12.9. The first-order valence-corrected chi connectivity index (χ1v) is 19.6. The number of rotatable bonds is 11. The minimum Gasteiger partial charge on any atom is -0.451 e. The van der Waals surface area contributed by atoms with Gasteiger partial charge < -0.3 is 14.4 Å². The molecule has 2 aromatic carbocycles. The Balaban J connectivity index is 1.28. The fourth-order valence-corrected chi connectivity index (χ4v) is 10.5. The molecule has 4 saturated heterocycles. The second-order valence-corrected chi connectivity index (χ2v) is 17.2. The van der Waals surface area contributed by atoms with Gasteiger partial charge >= 0.3 is 0 Å². The van der Waals surface area contributed by atoms with Crippen molar-refractivity contribution in [3.63, 3.8) is 0 Å². The zero-order valence-electron chi connectivity index (χ0n) is 27.0. The number of hydroxylamine groups is 1. The first-order chi connectivity index (χ1) is 23.3. The van der Waals surface area contributed by atoms with Crippen LogP contribution in [0.2, 0.25) is 5.02 Å². The van der Waals surface area contributed by atoms with E-state index < -0.39 is 72.6 Å². The fraction of sp³-hybridized carbons (Fsp3) is 0.581. The topological polar surface area (TPSA) is 138 Å². The lowest BCUT2D eigenvalue weighted by molar-refractivity contribution is -0.204. The van der Waals surface area contributed by atoms with Crippen molar-refractivity contribution in [3.05, 3.63) is 53.1 Å². The summed E-state index contributed by atoms with van der Waals surface area (Å²) in [5.41, 5.74) is 0.366. The molecule has 13 nitrogen and oxygen atoms in total. The van der Waals surface area contributed by atoms with Gasteiger partial charge in [0.15, 0.2) is 23.7 Å². The van der Waals surface area contributed by atoms with E-state index in [2.05, 4.69) is 15.3 Å². The first kappa shape index (κ1) is 36.3. The largest absolute Gasteiger partial charge is 0.451 e. The minimum atomic E-state index is -4.79. The van der Waals surface area contributed by atoms with Gasteiger partial charge in [-0.3, -0.25) is 9.69 Å². The SMILES string of the molecule is CN1CCN(CCS(=O)(=O)N2CC3CCC(C(=O)NOC4CCCCO4)(C2)N3S(=O)(=O)c2cc(F)c(Oc3ccc(Cl)cc3)c(F)c2)CC1. The molecule has 2 bridgehead atoms. The average molecular weight is 748 g/mol. The molecular weight excluding hydrogens is 708 g/mol. The summed E-state index contributed by atoms with van der Waals surface area (Å²) in [6, 6.07) is 5.96. The van der Waals surface area contributed by atoms with E-state index in [-0.39, 0.29) is 37.4 Å². The van der Waals surface area contributed by atoms with E-state index in [0.717, 1.165) is 34.5 Å². The van der Waals surface area contributed by atoms with Gasteiger partial charge in [-0.1, -0.05) is 11.6 Å². The van der Waals surface area contributed by atoms with E-state index in [4.69, 9.17) is 25.9 Å². The fourth-order valence-electron chi connectivity index (χ4n) is 6.79. The number of piperazine rings is 2. The van der Waals surface area contributed by atoms with E-state index in [0.29, 0.717) is 43.3 Å². The number of nitrogens with zero attached hydrogens (tertiary/aromatic N) is 4. The lowest BCUT2D eigenvalue weighted by atomic mass is 9.97. The molecule has 18 heteroatoms. The standard InChI is InChI=1S/C31H40ClF2N5O8S2/c1-36-11-13-37(14-12-36)15-17-48(41,42)38-20-23-9-10-31(21-38,30(40)35-47-28-4-2-3-16-45-28)39(23)49(43,44)25-18-26(33)29(27(34)19-25)46-24-7-5-22(32)6-8-24/h5-8,18-19,23,28H,2-4,9-17,20-21H2,1H3,(H,35,40). The van der Waals surface area contributed by atoms with Crippen LogP contribution < -0.4 is 10.2 Å². The van der Waals surface area contributed by atoms with Crippen LogP contribution in [0.3, 0.4) is 0 Å². The monoisotopic (exact) mass is 747 g/mol. The van der Waals surface area contributed by atoms with Crippen molar-refractivity contribution in [1.29, 1.82) is 0 Å². The molecule has 0 aromatic heterocycles. The van der Waals surface area contributed by atoms with Gasteiger partial charge in [-0.15, -0.1) is 0 Å². The van der Waals surface area contributed by atoms with Crippen LogP contribution >= 0.6 is 11.6 Å². The lowest BCUT2D eigenvalue weighted by Crippen LogP contribution is -2.69. The van der Waals surface area contributed by atoms with E-state index in [1.165, 1.54) is 24.3 Å². The Labute approximate surface area is 290 Å². The highest BCUT2D eigenvalue weighted by atomic mass is 35.5. The molecule has 0 aliphatic carbocycles. The highest BCUT2D eigenvalue weighted by Crippen LogP contribution is 2.45. The molecule has 49 heavy (non-hydrogen) atoms. The lowest BCUT2D eigenvalue weighted by Gasteiger charge is -2.46. The van der Waals surface area contributed by atoms with Crippen molar-refractivity contribution in [3.8, 4) is 11.5 Å². The number of nitrogens with one attached hydrogen (secondary N) is 1. The number of fused-ring (bicyclic) bond motifs is 2. The number of carbonyl (C=O) groups excluding carboxylic acids is 1. The van der Waals surface area contributed by atoms with E-state index in [1.54, 1.807) is 0 Å². The van der Waals surface area contributed by atoms with Crippen molar-refractivity contribution >= 4 is 37.6 Å². The van der Waals surface area contributed by atoms with E-state index in [9.17, 15) is 21.6 Å². The Bertz CT molecular complexity index is 1720. The summed E-state index contributed by atoms with van der Waals surface area (Å²) in [4.78, 5) is 23.0. The zero-order chi connectivity index (χ0) is 35.0. The van der Waals surface area contributed by atoms with Crippen molar-refractivity contribution in [2.45, 2.75) is 54.9 Å². The molecule has 3 unspecified atom stereocenters. The number of ether oxygens (including phenoxy) is 2. The number of benzene rings is 2. The summed E-state index contributed by atoms with van der Waals surface area (Å²) in [6.07, 6.45) is 1.42. The highest BCUT2D eigenvalue weighted by molar-refractivity contribution is 7.89. The number of halogens is 3. The van der Waals surface area contributed by atoms with Gasteiger partial charge in [0, 0.05) is 69.9 Å². The van der Waals surface area contributed by atoms with Crippen LogP contribution in [-0.4, -0.2) is 124 Å². The number of amides is 1. The minimum absolute atomic E-state index is 0.0508. The van der Waals surface area contributed by atoms with Gasteiger partial charge in [0.2, 0.25) is 20.0 Å². The molecule has 1 amide bonds. The molecule has 3 atom stereocenters. The predicted octanol–water partition coefficient (Wildman–Crippen LogP) is 2.77. The molecule has 0 saturated carbocycles. The summed E-state index contributed by atoms with van der Waals surface area (Å²) in [7, 11) is -6.74. The van der Waals surface area contributed by atoms with Crippen molar-refractivity contribution in [1.82, 2.24) is 23.9 Å². The summed E-state index contributed by atoms with van der Waals surface area (Å²) in [6.45, 7) is 3.01. The van der Waals surface area contributed by atoms with Crippen LogP contribution in [0.25, 0.3) is 0 Å². The molecule has 4 aliphatic rings. The van der Waals surface area contributed by atoms with Gasteiger partial charge in [-0.2, -0.15) is 8.61 Å². The maximum Gasteiger partial charge on any atom is 0.266 e. The van der Waals surface area contributed by atoms with Crippen LogP contribution in [0.4, 0.5) is 8.78 Å². The Hall–Kier alpha value is -2.48. The molecule has 6 rings (SSSR count). The molecule has 4 heterocycles. The van der Waals surface area contributed by atoms with Crippen LogP contribution in [0, 0.1) is 11.6 Å². The summed E-state index contributed by atoms with van der Waals surface area (Å²) >= 11 is 5.87. The molecule has 0 spiro atoms. The Morgan fingerprint density at radius 1 is 1.04 bits per heavy atom. The van der Waals surface area contributed by atoms with Crippen LogP contribution in [0.5, 0.6) is 11.5 Å². The van der Waals surface area contributed by atoms with Gasteiger partial charge in [-0.25, -0.2) is 35.9 Å². The van der Waals surface area contributed by atoms with E-state index in [1.807, 2.05) is 7.05 Å². The molecule has 4 fully saturated rings. The molecule has 4 aliphatic heterocycles. The zero-order valence-corrected chi connectivity index (χ0v) is 29.4. The maximum atomic E-state index is 15.4. The molecular formula is C31H40ClF2N5O8S2. The normalized spacial score (nSPS) is 26.1. The number of hydrogen-bond acceptors (Lipinski definition) is 10. The number of likely N-dealkylation sites (N-methyl/N-ethyl adjacent to an activating group) is 1. The summed E-state index contributed by atoms with van der Waals surface area (Å²) in [5.74, 6) is -4.45. The van der Waals surface area contributed by atoms with Crippen molar-refractivity contribution < 1.29 is 44.7 Å². The molecule has 270 valence electrons. The maximum absolute atomic E-state index is 15.4. The molecule has 1 N–H and O–H groups in total. The summed E-state index contributed by atoms with van der Waals surface area (Å²) < 4.78 is 99.7. The second kappa shape index (κ2) is 14.6. The highest BCUT2D eigenvalue weighted by Gasteiger charge is 2.62. The number of carbonyl (C=O) groups is 1.